The van der Waals surface area contributed by atoms with Gasteiger partial charge in [-0.1, -0.05) is 42.5 Å². The minimum absolute atomic E-state index is 0.253. The molecule has 6 aromatic carbocycles. The number of hydrogen-bond acceptors (Lipinski definition) is 2. The molecule has 0 atom stereocenters. The van der Waals surface area contributed by atoms with Gasteiger partial charge in [-0.3, -0.25) is 4.79 Å². The molecule has 27 heteroatoms. The van der Waals surface area contributed by atoms with E-state index in [9.17, 15) is 70.7 Å². The molecule has 7 rings (SSSR count). The summed E-state index contributed by atoms with van der Waals surface area (Å²) in [5.41, 5.74) is -13.4. The van der Waals surface area contributed by atoms with Gasteiger partial charge in [0.1, 0.15) is 52.7 Å². The van der Waals surface area contributed by atoms with Gasteiger partial charge in [0.15, 0.2) is 69.8 Å². The highest BCUT2D eigenvalue weighted by Gasteiger charge is 2.52. The van der Waals surface area contributed by atoms with Gasteiger partial charge in [0, 0.05) is 17.0 Å². The number of pyridine rings is 1. The van der Waals surface area contributed by atoms with Gasteiger partial charge in [-0.25, -0.2) is 87.8 Å². The molecule has 0 radical (unpaired) electrons. The van der Waals surface area contributed by atoms with Gasteiger partial charge in [0.2, 0.25) is 17.8 Å². The fourth-order valence-electron chi connectivity index (χ4n) is 7.35. The van der Waals surface area contributed by atoms with E-state index in [2.05, 4.69) is 4.74 Å². The molecule has 0 amide bonds. The molecule has 0 aliphatic carbocycles. The zero-order valence-corrected chi connectivity index (χ0v) is 32.6. The van der Waals surface area contributed by atoms with E-state index in [1.165, 1.54) is 16.7 Å². The van der Waals surface area contributed by atoms with E-state index in [4.69, 9.17) is 0 Å². The van der Waals surface area contributed by atoms with E-state index in [1.807, 2.05) is 0 Å². The molecule has 0 spiro atoms. The molecule has 0 saturated heterocycles. The molecule has 0 aliphatic heterocycles. The number of para-hydroxylation sites is 1. The Kier molecular flexibility index (Phi) is 13.8. The van der Waals surface area contributed by atoms with E-state index in [0.717, 1.165) is 0 Å². The van der Waals surface area contributed by atoms with Gasteiger partial charge in [0.25, 0.3) is 0 Å². The van der Waals surface area contributed by atoms with Crippen molar-refractivity contribution < 1.29 is 115 Å². The lowest BCUT2D eigenvalue weighted by molar-refractivity contribution is -0.668. The maximum atomic E-state index is 15.4. The number of hydrogen-bond donors (Lipinski definition) is 0. The molecule has 0 N–H and O–H groups in total. The van der Waals surface area contributed by atoms with Crippen LogP contribution in [0.4, 0.5) is 101 Å². The Balaban J connectivity index is 0.000000273. The summed E-state index contributed by atoms with van der Waals surface area (Å²) < 4.78 is 337. The number of fused-ring (bicyclic) bond motifs is 1. The molecule has 362 valence electrons. The number of rotatable bonds is 8. The smallest absolute Gasteiger partial charge is 0.350 e. The molecule has 0 bridgehead atoms. The number of ketones is 1. The van der Waals surface area contributed by atoms with Crippen LogP contribution in [0.3, 0.4) is 0 Å². The van der Waals surface area contributed by atoms with Crippen LogP contribution in [0.2, 0.25) is 0 Å². The zero-order chi connectivity index (χ0) is 51.5. The summed E-state index contributed by atoms with van der Waals surface area (Å²) in [7, 11) is 0. The van der Waals surface area contributed by atoms with Gasteiger partial charge < -0.3 is 4.74 Å². The Morgan fingerprint density at radius 1 is 0.391 bits per heavy atom. The quantitative estimate of drug-likeness (QED) is 0.0380. The number of carbonyl (C=O) groups is 1. The molecular formula is C42H13BF23NO2. The highest BCUT2D eigenvalue weighted by molar-refractivity contribution is 7.20. The summed E-state index contributed by atoms with van der Waals surface area (Å²) in [5, 5.41) is 0.716. The van der Waals surface area contributed by atoms with Crippen molar-refractivity contribution in [3.05, 3.63) is 189 Å². The van der Waals surface area contributed by atoms with Crippen LogP contribution in [0.15, 0.2) is 66.7 Å². The first-order valence-corrected chi connectivity index (χ1v) is 18.1. The standard InChI is InChI=1S/C24BF20.C18H13F3NO2/c26-5-1(6(27)14(35)21(42)13(5)34)25(2-7(28)15(36)22(43)16(37)8(2)29,3-9(30)17(38)23(44)18(39)10(3)31)4-11(32)19(40)24(45)20(41)12(4)33;19-18(20,21)24-17-11-10-13-6-4-5-9-15(13)22(17)12-16(23)14-7-2-1-3-8-14/h;1-11H,12H2/q-1;+1. The third-order valence-corrected chi connectivity index (χ3v) is 10.2. The second-order valence-electron chi connectivity index (χ2n) is 14.0. The molecule has 0 aliphatic rings. The first-order valence-electron chi connectivity index (χ1n) is 18.1. The normalized spacial score (nSPS) is 11.8. The van der Waals surface area contributed by atoms with Crippen LogP contribution < -0.4 is 31.2 Å². The van der Waals surface area contributed by atoms with Crippen LogP contribution in [0, 0.1) is 116 Å². The second kappa shape index (κ2) is 18.6. The van der Waals surface area contributed by atoms with Crippen molar-refractivity contribution in [2.45, 2.75) is 12.9 Å². The van der Waals surface area contributed by atoms with E-state index in [-0.39, 0.29) is 12.3 Å². The van der Waals surface area contributed by atoms with Crippen molar-refractivity contribution in [1.82, 2.24) is 0 Å². The molecule has 7 aromatic rings. The van der Waals surface area contributed by atoms with Crippen LogP contribution in [0.1, 0.15) is 10.4 Å². The van der Waals surface area contributed by atoms with Crippen molar-refractivity contribution in [2.24, 2.45) is 0 Å². The lowest BCUT2D eigenvalue weighted by atomic mass is 9.12. The van der Waals surface area contributed by atoms with Crippen molar-refractivity contribution in [1.29, 1.82) is 0 Å². The highest BCUT2D eigenvalue weighted by atomic mass is 19.4. The Labute approximate surface area is 367 Å². The number of aromatic nitrogens is 1. The molecule has 0 unspecified atom stereocenters. The highest BCUT2D eigenvalue weighted by Crippen LogP contribution is 2.31. The van der Waals surface area contributed by atoms with Crippen LogP contribution in [0.5, 0.6) is 5.88 Å². The Bertz CT molecular complexity index is 2860. The SMILES string of the molecule is Fc1c(F)c(F)c([B-](c2c(F)c(F)c(F)c(F)c2F)(c2c(F)c(F)c(F)c(F)c2F)c2c(F)c(F)c(F)c(F)c2F)c(F)c1F.O=C(C[n+]1c(OC(F)(F)F)ccc2ccccc21)c1ccccc1. The third-order valence-electron chi connectivity index (χ3n) is 10.2. The summed E-state index contributed by atoms with van der Waals surface area (Å²) in [6, 6.07) is 18.0. The molecule has 0 fully saturated rings. The third kappa shape index (κ3) is 8.40. The topological polar surface area (TPSA) is 30.2 Å². The van der Waals surface area contributed by atoms with Crippen molar-refractivity contribution in [2.75, 3.05) is 0 Å². The fourth-order valence-corrected chi connectivity index (χ4v) is 7.35. The molecule has 3 nitrogen and oxygen atoms in total. The summed E-state index contributed by atoms with van der Waals surface area (Å²) in [5.74, 6) is -72.1. The average Bonchev–Trinajstić information content (AvgIpc) is 3.32. The number of alkyl halides is 3. The van der Waals surface area contributed by atoms with Crippen LogP contribution >= 0.6 is 0 Å². The van der Waals surface area contributed by atoms with Crippen molar-refractivity contribution in [3.63, 3.8) is 0 Å². The van der Waals surface area contributed by atoms with Crippen LogP contribution in [-0.4, -0.2) is 18.3 Å². The first kappa shape index (κ1) is 51.1. The summed E-state index contributed by atoms with van der Waals surface area (Å²) in [4.78, 5) is 12.4. The summed E-state index contributed by atoms with van der Waals surface area (Å²) in [6.07, 6.45) is -12.1. The van der Waals surface area contributed by atoms with Gasteiger partial charge in [0.05, 0.1) is 6.07 Å². The molecule has 69 heavy (non-hydrogen) atoms. The number of halogens is 23. The van der Waals surface area contributed by atoms with Crippen LogP contribution in [-0.2, 0) is 6.54 Å². The molecular weight excluding hydrogens is 998 g/mol. The number of carbonyl (C=O) groups excluding carboxylic acids is 1. The Hall–Kier alpha value is -7.35. The minimum atomic E-state index is -7.22. The number of ether oxygens (including phenoxy) is 1. The van der Waals surface area contributed by atoms with Crippen LogP contribution in [0.25, 0.3) is 10.9 Å². The van der Waals surface area contributed by atoms with Gasteiger partial charge in [-0.05, 0) is 12.1 Å². The zero-order valence-electron chi connectivity index (χ0n) is 32.6. The number of Topliss-reactive ketones (excluding diaryl/α,β-unsaturated/α-hetero) is 1. The van der Waals surface area contributed by atoms with Gasteiger partial charge in [-0.2, -0.15) is 4.57 Å². The monoisotopic (exact) mass is 1010 g/mol. The van der Waals surface area contributed by atoms with E-state index < -0.39 is 157 Å². The average molecular weight is 1010 g/mol. The Morgan fingerprint density at radius 2 is 0.681 bits per heavy atom. The lowest BCUT2D eigenvalue weighted by Gasteiger charge is -2.44. The maximum Gasteiger partial charge on any atom is 0.577 e. The Morgan fingerprint density at radius 3 is 1.00 bits per heavy atom. The molecule has 1 heterocycles. The van der Waals surface area contributed by atoms with Crippen molar-refractivity contribution in [3.8, 4) is 5.88 Å². The number of benzene rings is 6. The van der Waals surface area contributed by atoms with E-state index in [0.29, 0.717) is 16.5 Å². The minimum Gasteiger partial charge on any atom is -0.350 e. The van der Waals surface area contributed by atoms with Gasteiger partial charge >= 0.3 is 12.2 Å². The maximum absolute atomic E-state index is 15.4. The van der Waals surface area contributed by atoms with E-state index in [1.54, 1.807) is 54.6 Å². The second-order valence-corrected chi connectivity index (χ2v) is 14.0. The van der Waals surface area contributed by atoms with E-state index >= 15 is 35.1 Å². The molecule has 1 aromatic heterocycles. The summed E-state index contributed by atoms with van der Waals surface area (Å²) in [6.45, 7) is -0.253. The summed E-state index contributed by atoms with van der Waals surface area (Å²) >= 11 is 0. The largest absolute Gasteiger partial charge is 0.577 e. The lowest BCUT2D eigenvalue weighted by Crippen LogP contribution is -2.81. The number of nitrogens with zero attached hydrogens (tertiary/aromatic N) is 1. The predicted molar refractivity (Wildman–Crippen MR) is 191 cm³/mol. The van der Waals surface area contributed by atoms with Crippen molar-refractivity contribution >= 4 is 44.7 Å². The predicted octanol–water partition coefficient (Wildman–Crippen LogP) is 9.75. The first-order chi connectivity index (χ1) is 32.1. The van der Waals surface area contributed by atoms with Gasteiger partial charge in [-0.15, -0.1) is 35.0 Å². The fraction of sp³-hybridized carbons (Fsp3) is 0.0476. The molecule has 0 saturated carbocycles.